The van der Waals surface area contributed by atoms with Crippen LogP contribution in [0.25, 0.3) is 5.52 Å². The summed E-state index contributed by atoms with van der Waals surface area (Å²) in [5.74, 6) is 0.298. The first-order valence-electron chi connectivity index (χ1n) is 6.78. The van der Waals surface area contributed by atoms with Crippen molar-refractivity contribution in [3.63, 3.8) is 0 Å². The number of hydrogen-bond acceptors (Lipinski definition) is 5. The molecular formula is C13H16IN3O3S. The number of aliphatic hydroxyl groups is 1. The van der Waals surface area contributed by atoms with Gasteiger partial charge >= 0.3 is 0 Å². The van der Waals surface area contributed by atoms with E-state index in [-0.39, 0.29) is 11.3 Å². The maximum Gasteiger partial charge on any atom is 0.265 e. The summed E-state index contributed by atoms with van der Waals surface area (Å²) in [4.78, 5) is 3.94. The number of sulfone groups is 1. The molecule has 114 valence electrons. The quantitative estimate of drug-likeness (QED) is 0.748. The Kier molecular flexibility index (Phi) is 3.95. The summed E-state index contributed by atoms with van der Waals surface area (Å²) in [5.41, 5.74) is 1.83. The molecule has 0 radical (unpaired) electrons. The second-order valence-corrected chi connectivity index (χ2v) is 8.60. The number of fused-ring (bicyclic) bond motifs is 1. The first kappa shape index (κ1) is 15.2. The Morgan fingerprint density at radius 3 is 2.62 bits per heavy atom. The molecule has 6 nitrogen and oxygen atoms in total. The van der Waals surface area contributed by atoms with Gasteiger partial charge in [-0.1, -0.05) is 0 Å². The van der Waals surface area contributed by atoms with Gasteiger partial charge in [0.15, 0.2) is 0 Å². The van der Waals surface area contributed by atoms with Crippen LogP contribution >= 0.6 is 22.6 Å². The summed E-state index contributed by atoms with van der Waals surface area (Å²) in [6.07, 6.45) is 5.79. The van der Waals surface area contributed by atoms with Crippen LogP contribution in [0.15, 0.2) is 17.4 Å². The third kappa shape index (κ3) is 2.93. The topological polar surface area (TPSA) is 84.6 Å². The Morgan fingerprint density at radius 1 is 1.33 bits per heavy atom. The maximum atomic E-state index is 11.6. The van der Waals surface area contributed by atoms with Gasteiger partial charge in [-0.15, -0.1) is 5.10 Å². The van der Waals surface area contributed by atoms with Crippen LogP contribution in [0.4, 0.5) is 0 Å². The van der Waals surface area contributed by atoms with Crippen molar-refractivity contribution in [3.8, 4) is 0 Å². The largest absolute Gasteiger partial charge is 0.393 e. The fraction of sp³-hybridized carbons (Fsp3) is 0.538. The van der Waals surface area contributed by atoms with Crippen LogP contribution in [-0.4, -0.2) is 40.5 Å². The van der Waals surface area contributed by atoms with Crippen molar-refractivity contribution >= 4 is 37.9 Å². The van der Waals surface area contributed by atoms with Crippen LogP contribution < -0.4 is 0 Å². The molecule has 1 aliphatic carbocycles. The highest BCUT2D eigenvalue weighted by Crippen LogP contribution is 2.35. The lowest BCUT2D eigenvalue weighted by Gasteiger charge is -2.25. The van der Waals surface area contributed by atoms with Crippen LogP contribution in [0, 0.1) is 3.57 Å². The van der Waals surface area contributed by atoms with Crippen molar-refractivity contribution < 1.29 is 13.5 Å². The molecule has 0 unspecified atom stereocenters. The van der Waals surface area contributed by atoms with E-state index in [2.05, 4.69) is 32.7 Å². The third-order valence-electron chi connectivity index (χ3n) is 3.92. The van der Waals surface area contributed by atoms with E-state index >= 15 is 0 Å². The van der Waals surface area contributed by atoms with Gasteiger partial charge in [-0.25, -0.2) is 17.9 Å². The Morgan fingerprint density at radius 2 is 2.00 bits per heavy atom. The molecule has 0 amide bonds. The summed E-state index contributed by atoms with van der Waals surface area (Å²) in [6, 6.07) is 2.04. The van der Waals surface area contributed by atoms with E-state index in [1.807, 2.05) is 6.07 Å². The van der Waals surface area contributed by atoms with Gasteiger partial charge in [0.05, 0.1) is 17.8 Å². The lowest BCUT2D eigenvalue weighted by Crippen LogP contribution is -2.19. The minimum absolute atomic E-state index is 0.154. The first-order valence-corrected chi connectivity index (χ1v) is 9.75. The van der Waals surface area contributed by atoms with Crippen LogP contribution in [0.5, 0.6) is 0 Å². The van der Waals surface area contributed by atoms with Crippen LogP contribution in [0.2, 0.25) is 0 Å². The lowest BCUT2D eigenvalue weighted by atomic mass is 9.85. The van der Waals surface area contributed by atoms with E-state index < -0.39 is 9.84 Å². The predicted molar refractivity (Wildman–Crippen MR) is 86.0 cm³/mol. The standard InChI is InChI=1S/C13H16IN3O3S/c1-21(19,20)13-15-7-12-10(14)6-11(17(12)16-13)8-2-4-9(18)5-3-8/h6-9,18H,2-5H2,1H3. The first-order chi connectivity index (χ1) is 9.86. The number of hydrogen-bond donors (Lipinski definition) is 1. The van der Waals surface area contributed by atoms with Crippen molar-refractivity contribution in [3.05, 3.63) is 21.5 Å². The van der Waals surface area contributed by atoms with Crippen molar-refractivity contribution in [2.75, 3.05) is 6.26 Å². The van der Waals surface area contributed by atoms with Crippen molar-refractivity contribution in [2.45, 2.75) is 42.9 Å². The Balaban J connectivity index is 2.10. The Labute approximate surface area is 136 Å². The zero-order chi connectivity index (χ0) is 15.2. The molecule has 21 heavy (non-hydrogen) atoms. The number of aromatic nitrogens is 3. The highest BCUT2D eigenvalue weighted by atomic mass is 127. The molecule has 3 rings (SSSR count). The number of aliphatic hydroxyl groups excluding tert-OH is 1. The SMILES string of the molecule is CS(=O)(=O)c1ncc2c(I)cc(C3CCC(O)CC3)n2n1. The van der Waals surface area contributed by atoms with Crippen LogP contribution in [0.1, 0.15) is 37.3 Å². The molecule has 1 aliphatic rings. The van der Waals surface area contributed by atoms with Gasteiger partial charge in [-0.3, -0.25) is 0 Å². The molecule has 0 atom stereocenters. The molecule has 2 aromatic rings. The van der Waals surface area contributed by atoms with Gasteiger partial charge in [-0.2, -0.15) is 0 Å². The van der Waals surface area contributed by atoms with E-state index in [4.69, 9.17) is 0 Å². The molecule has 0 saturated heterocycles. The minimum Gasteiger partial charge on any atom is -0.393 e. The van der Waals surface area contributed by atoms with E-state index in [1.54, 1.807) is 10.7 Å². The molecule has 1 N–H and O–H groups in total. The number of nitrogens with zero attached hydrogens (tertiary/aromatic N) is 3. The zero-order valence-corrected chi connectivity index (χ0v) is 14.5. The summed E-state index contributed by atoms with van der Waals surface area (Å²) in [7, 11) is -3.43. The lowest BCUT2D eigenvalue weighted by molar-refractivity contribution is 0.121. The van der Waals surface area contributed by atoms with E-state index in [1.165, 1.54) is 0 Å². The maximum absolute atomic E-state index is 11.6. The molecule has 1 fully saturated rings. The van der Waals surface area contributed by atoms with Crippen LogP contribution in [-0.2, 0) is 9.84 Å². The summed E-state index contributed by atoms with van der Waals surface area (Å²) < 4.78 is 26.0. The fourth-order valence-corrected chi connectivity index (χ4v) is 3.95. The van der Waals surface area contributed by atoms with Gasteiger partial charge < -0.3 is 5.11 Å². The molecule has 0 aliphatic heterocycles. The van der Waals surface area contributed by atoms with Gasteiger partial charge in [0.2, 0.25) is 9.84 Å². The van der Waals surface area contributed by atoms with Crippen molar-refractivity contribution in [1.29, 1.82) is 0 Å². The highest BCUT2D eigenvalue weighted by Gasteiger charge is 2.25. The number of rotatable bonds is 2. The Bertz CT molecular complexity index is 779. The number of halogens is 1. The van der Waals surface area contributed by atoms with Gasteiger partial charge in [0.25, 0.3) is 5.16 Å². The molecular weight excluding hydrogens is 405 g/mol. The third-order valence-corrected chi connectivity index (χ3v) is 5.64. The molecule has 2 aromatic heterocycles. The van der Waals surface area contributed by atoms with E-state index in [0.717, 1.165) is 46.7 Å². The second kappa shape index (κ2) is 5.47. The molecule has 0 bridgehead atoms. The van der Waals surface area contributed by atoms with Crippen molar-refractivity contribution in [1.82, 2.24) is 14.6 Å². The second-order valence-electron chi connectivity index (χ2n) is 5.53. The highest BCUT2D eigenvalue weighted by molar-refractivity contribution is 14.1. The summed E-state index contributed by atoms with van der Waals surface area (Å²) in [5, 5.41) is 13.7. The van der Waals surface area contributed by atoms with E-state index in [0.29, 0.717) is 5.92 Å². The molecule has 0 aromatic carbocycles. The smallest absolute Gasteiger partial charge is 0.265 e. The van der Waals surface area contributed by atoms with Gasteiger partial charge in [0.1, 0.15) is 0 Å². The monoisotopic (exact) mass is 421 g/mol. The van der Waals surface area contributed by atoms with E-state index in [9.17, 15) is 13.5 Å². The van der Waals surface area contributed by atoms with Crippen molar-refractivity contribution in [2.24, 2.45) is 0 Å². The molecule has 1 saturated carbocycles. The average molecular weight is 421 g/mol. The summed E-state index contributed by atoms with van der Waals surface area (Å²) in [6.45, 7) is 0. The molecule has 0 spiro atoms. The van der Waals surface area contributed by atoms with Gasteiger partial charge in [0, 0.05) is 21.4 Å². The van der Waals surface area contributed by atoms with Gasteiger partial charge in [-0.05, 0) is 54.3 Å². The Hall–Kier alpha value is -0.740. The zero-order valence-electron chi connectivity index (χ0n) is 11.5. The molecule has 8 heteroatoms. The average Bonchev–Trinajstić information content (AvgIpc) is 2.76. The minimum atomic E-state index is -3.43. The predicted octanol–water partition coefficient (Wildman–Crippen LogP) is 1.76. The fourth-order valence-electron chi connectivity index (χ4n) is 2.79. The summed E-state index contributed by atoms with van der Waals surface area (Å²) >= 11 is 2.21. The van der Waals surface area contributed by atoms with Crippen LogP contribution in [0.3, 0.4) is 0 Å². The normalized spacial score (nSPS) is 23.6. The molecule has 2 heterocycles.